The van der Waals surface area contributed by atoms with Gasteiger partial charge in [-0.1, -0.05) is 0 Å². The van der Waals surface area contributed by atoms with Crippen molar-refractivity contribution in [1.29, 1.82) is 5.26 Å². The van der Waals surface area contributed by atoms with Crippen molar-refractivity contribution in [3.8, 4) is 6.07 Å². The smallest absolute Gasteiger partial charge is 0.206 e. The largest absolute Gasteiger partial charge is 0.422 e. The Labute approximate surface area is 535 Å². The molecule has 0 unspecified atom stereocenters. The maximum absolute atomic E-state index is 13.7. The van der Waals surface area contributed by atoms with Crippen molar-refractivity contribution in [2.24, 2.45) is 0 Å². The first-order chi connectivity index (χ1) is 46.1. The summed E-state index contributed by atoms with van der Waals surface area (Å²) in [6.45, 7) is 7.40. The lowest BCUT2D eigenvalue weighted by atomic mass is 9.98. The molecule has 0 radical (unpaired) electrons. The van der Waals surface area contributed by atoms with E-state index in [9.17, 15) is 171 Å². The molecule has 0 aliphatic heterocycles. The highest BCUT2D eigenvalue weighted by molar-refractivity contribution is 5.90. The quantitative estimate of drug-likeness (QED) is 0.0961. The summed E-state index contributed by atoms with van der Waals surface area (Å²) >= 11 is 0. The highest BCUT2D eigenvalue weighted by Gasteiger charge is 2.48. The van der Waals surface area contributed by atoms with Crippen LogP contribution in [0.2, 0.25) is 0 Å². The highest BCUT2D eigenvalue weighted by Crippen LogP contribution is 2.44. The maximum Gasteiger partial charge on any atom is 0.422 e. The molecule has 0 amide bonds. The molecule has 0 saturated carbocycles. The number of halogens is 39. The minimum Gasteiger partial charge on any atom is -0.206 e. The summed E-state index contributed by atoms with van der Waals surface area (Å²) in [6.07, 6.45) is -9.05. The third-order valence-electron chi connectivity index (χ3n) is 14.0. The maximum atomic E-state index is 13.7. The first-order valence-electron chi connectivity index (χ1n) is 25.6. The van der Waals surface area contributed by atoms with Gasteiger partial charge >= 0.3 is 18.2 Å². The molecule has 0 N–H and O–H groups in total. The summed E-state index contributed by atoms with van der Waals surface area (Å²) in [5, 5.41) is 1.12. The molecule has 9 rings (SSSR count). The number of nitriles is 1. The number of allylic oxidation sites excluding steroid dienone is 1. The Morgan fingerprint density at radius 1 is 0.218 bits per heavy atom. The second-order valence-corrected chi connectivity index (χ2v) is 19.9. The van der Waals surface area contributed by atoms with E-state index in [1.165, 1.54) is 6.92 Å². The Morgan fingerprint density at radius 3 is 0.683 bits per heavy atom. The molecule has 9 aromatic carbocycles. The molecule has 0 saturated heterocycles. The van der Waals surface area contributed by atoms with Crippen molar-refractivity contribution in [3.05, 3.63) is 253 Å². The van der Waals surface area contributed by atoms with Crippen LogP contribution in [0.5, 0.6) is 0 Å². The Kier molecular flexibility index (Phi) is 25.4. The topological polar surface area (TPSA) is 23.8 Å². The third-order valence-corrected chi connectivity index (χ3v) is 14.0. The van der Waals surface area contributed by atoms with E-state index in [1.807, 2.05) is 0 Å². The first-order valence-corrected chi connectivity index (χ1v) is 25.6. The number of benzene rings is 9. The van der Waals surface area contributed by atoms with Gasteiger partial charge in [0.1, 0.15) is 34.4 Å². The van der Waals surface area contributed by atoms with Gasteiger partial charge in [0.05, 0.1) is 21.5 Å². The van der Waals surface area contributed by atoms with Gasteiger partial charge in [-0.15, -0.1) is 0 Å². The van der Waals surface area contributed by atoms with Gasteiger partial charge in [0.25, 0.3) is 0 Å². The van der Waals surface area contributed by atoms with Gasteiger partial charge in [-0.05, 0) is 83.2 Å². The van der Waals surface area contributed by atoms with Gasteiger partial charge in [-0.25, -0.2) is 136 Å². The van der Waals surface area contributed by atoms with Gasteiger partial charge in [-0.3, -0.25) is 0 Å². The van der Waals surface area contributed by atoms with Crippen LogP contribution in [0.25, 0.3) is 32.3 Å². The van der Waals surface area contributed by atoms with Crippen LogP contribution in [0.3, 0.4) is 0 Å². The van der Waals surface area contributed by atoms with Crippen LogP contribution in [0.15, 0.2) is 11.9 Å². The molecule has 40 heteroatoms. The molecular formula is C61H24F39N. The van der Waals surface area contributed by atoms with E-state index >= 15 is 0 Å². The van der Waals surface area contributed by atoms with E-state index in [-0.39, 0.29) is 22.3 Å². The lowest BCUT2D eigenvalue weighted by Gasteiger charge is -2.17. The Balaban J connectivity index is 0.000000258. The number of hydrogen-bond acceptors (Lipinski definition) is 1. The number of rotatable bonds is 2. The van der Waals surface area contributed by atoms with Crippen molar-refractivity contribution in [2.75, 3.05) is 0 Å². The number of fused-ring (bicyclic) bond motifs is 3. The molecule has 0 heterocycles. The van der Waals surface area contributed by atoms with Crippen LogP contribution in [0.4, 0.5) is 171 Å². The first kappa shape index (κ1) is 83.7. The van der Waals surface area contributed by atoms with Crippen LogP contribution in [-0.2, 0) is 12.1 Å². The molecule has 9 aromatic rings. The Morgan fingerprint density at radius 2 is 0.416 bits per heavy atom. The number of aryl methyl sites for hydroxylation is 2. The van der Waals surface area contributed by atoms with Crippen molar-refractivity contribution >= 4 is 32.3 Å². The predicted octanol–water partition coefficient (Wildman–Crippen LogP) is 23.4. The normalized spacial score (nSPS) is 11.3. The second kappa shape index (κ2) is 30.6. The standard InChI is InChI=1S/2C12H6F6.C11H3F7.C10H3F9.C8H3F7.C8H3F4N/c1-3-4(2)8(14)6-5(7(3)13)9(15)11(17)12(18)10(6)16;1-3-4(2)7(13)9(15)6-5(3)8(14)11(17)12(18)10(6)16;1-2-3-4(7(14)9(16)5(2)12)8(15)11(18)10(17)6(3)13;1-2-4(11)6(13)3(7(14)5(2)12)10(18,19)8(15)9(16)17;1-2-4(9)6(11)3(8(13,14)15)7(12)5(2)10;1-3-5(9)7(11)4(2-13)8(12)6(3)10/h2*1-2H3;1H3;1H3;1H3;1H3. The van der Waals surface area contributed by atoms with Gasteiger partial charge in [0.15, 0.2) is 169 Å². The zero-order valence-electron chi connectivity index (χ0n) is 49.7. The summed E-state index contributed by atoms with van der Waals surface area (Å²) in [7, 11) is 0. The van der Waals surface area contributed by atoms with E-state index in [0.717, 1.165) is 40.7 Å². The Hall–Kier alpha value is -9.74. The zero-order chi connectivity index (χ0) is 78.6. The van der Waals surface area contributed by atoms with E-state index in [1.54, 1.807) is 0 Å². The van der Waals surface area contributed by atoms with E-state index in [2.05, 4.69) is 0 Å². The molecule has 0 atom stereocenters. The second-order valence-electron chi connectivity index (χ2n) is 19.9. The molecule has 0 aromatic heterocycles. The lowest BCUT2D eigenvalue weighted by Crippen LogP contribution is -2.22. The van der Waals surface area contributed by atoms with Gasteiger partial charge < -0.3 is 0 Å². The van der Waals surface area contributed by atoms with Gasteiger partial charge in [0, 0.05) is 27.5 Å². The van der Waals surface area contributed by atoms with Crippen molar-refractivity contribution in [3.63, 3.8) is 0 Å². The van der Waals surface area contributed by atoms with Crippen molar-refractivity contribution in [2.45, 2.75) is 67.5 Å². The van der Waals surface area contributed by atoms with Crippen LogP contribution in [-0.4, -0.2) is 0 Å². The number of hydrogen-bond donors (Lipinski definition) is 0. The van der Waals surface area contributed by atoms with Gasteiger partial charge in [-0.2, -0.15) is 40.4 Å². The van der Waals surface area contributed by atoms with Crippen LogP contribution < -0.4 is 0 Å². The molecule has 0 fully saturated rings. The molecule has 0 spiro atoms. The number of nitrogens with zero attached hydrogens (tertiary/aromatic N) is 1. The third kappa shape index (κ3) is 14.8. The SMILES string of the molecule is Cc1c(C)c(F)c2c(F)c(F)c(F)c(F)c2c1F.Cc1c(F)c(F)c(C#N)c(F)c1F.Cc1c(F)c(F)c(C(F)(F)C(F)=C(F)F)c(F)c1F.Cc1c(F)c(F)c(C(F)(F)F)c(F)c1F.Cc1c(F)c(F)c(F)c2c(F)c(F)c(F)c(F)c12.Cc1c(F)c(F)c2c(F)c(F)c(F)c(F)c2c1C. The van der Waals surface area contributed by atoms with Crippen molar-refractivity contribution in [1.82, 2.24) is 0 Å². The minimum atomic E-state index is -5.54. The van der Waals surface area contributed by atoms with E-state index in [0.29, 0.717) is 13.8 Å². The predicted molar refractivity (Wildman–Crippen MR) is 272 cm³/mol. The molecule has 1 nitrogen and oxygen atoms in total. The average molecular weight is 1510 g/mol. The fourth-order valence-corrected chi connectivity index (χ4v) is 8.31. The molecule has 546 valence electrons. The van der Waals surface area contributed by atoms with E-state index < -0.39 is 276 Å². The van der Waals surface area contributed by atoms with E-state index in [4.69, 9.17) is 5.26 Å². The fourth-order valence-electron chi connectivity index (χ4n) is 8.31. The van der Waals surface area contributed by atoms with Gasteiger partial charge in [0.2, 0.25) is 5.83 Å². The zero-order valence-corrected chi connectivity index (χ0v) is 49.7. The summed E-state index contributed by atoms with van der Waals surface area (Å²) in [5.41, 5.74) is -11.6. The van der Waals surface area contributed by atoms with Crippen LogP contribution in [0, 0.1) is 247 Å². The fraction of sp³-hybridized carbons (Fsp3) is 0.164. The molecule has 101 heavy (non-hydrogen) atoms. The number of alkyl halides is 5. The van der Waals surface area contributed by atoms with Crippen LogP contribution >= 0.6 is 0 Å². The van der Waals surface area contributed by atoms with Crippen LogP contribution in [0.1, 0.15) is 61.2 Å². The molecule has 0 aliphatic carbocycles. The highest BCUT2D eigenvalue weighted by atomic mass is 19.4. The lowest BCUT2D eigenvalue weighted by molar-refractivity contribution is -0.143. The average Bonchev–Trinajstić information content (AvgIpc) is 0.762. The molecule has 0 aliphatic rings. The Bertz CT molecular complexity index is 4270. The minimum absolute atomic E-state index is 0.181. The summed E-state index contributed by atoms with van der Waals surface area (Å²) in [6, 6.07) is 1.04. The summed E-state index contributed by atoms with van der Waals surface area (Å²) < 4.78 is 504. The molecular weight excluding hydrogens is 1490 g/mol. The monoisotopic (exact) mass is 1510 g/mol. The summed E-state index contributed by atoms with van der Waals surface area (Å²) in [5.74, 6) is -70.5. The van der Waals surface area contributed by atoms with Crippen molar-refractivity contribution < 1.29 is 171 Å². The molecule has 0 bridgehead atoms. The summed E-state index contributed by atoms with van der Waals surface area (Å²) in [4.78, 5) is 0.